The van der Waals surface area contributed by atoms with E-state index in [0.29, 0.717) is 0 Å². The molecule has 0 fully saturated rings. The molecule has 11 rings (SSSR count). The van der Waals surface area contributed by atoms with E-state index in [1.54, 1.807) is 22.7 Å². The molecule has 2 aliphatic carbocycles. The van der Waals surface area contributed by atoms with Crippen molar-refractivity contribution in [2.75, 3.05) is 0 Å². The molecule has 0 bridgehead atoms. The van der Waals surface area contributed by atoms with Crippen molar-refractivity contribution in [3.8, 4) is 65.4 Å². The molecule has 0 radical (unpaired) electrons. The van der Waals surface area contributed by atoms with E-state index < -0.39 is 5.41 Å². The minimum Gasteiger partial charge on any atom is -0.252 e. The van der Waals surface area contributed by atoms with Gasteiger partial charge in [-0.15, -0.1) is 22.7 Å². The molecule has 0 N–H and O–H groups in total. The van der Waals surface area contributed by atoms with Gasteiger partial charge >= 0.3 is 0 Å². The average molecular weight is 685 g/mol. The van der Waals surface area contributed by atoms with Crippen molar-refractivity contribution in [2.45, 2.75) is 5.41 Å². The van der Waals surface area contributed by atoms with E-state index in [4.69, 9.17) is 0 Å². The number of thiazole rings is 2. The number of hydrogen-bond donors (Lipinski definition) is 0. The molecule has 0 atom stereocenters. The van der Waals surface area contributed by atoms with Gasteiger partial charge in [0.15, 0.2) is 0 Å². The molecule has 2 nitrogen and oxygen atoms in total. The lowest BCUT2D eigenvalue weighted by molar-refractivity contribution is 0.795. The molecule has 0 amide bonds. The Bertz CT molecular complexity index is 2730. The summed E-state index contributed by atoms with van der Waals surface area (Å²) >= 11 is 3.35. The molecule has 51 heavy (non-hydrogen) atoms. The monoisotopic (exact) mass is 684 g/mol. The quantitative estimate of drug-likeness (QED) is 0.184. The third kappa shape index (κ3) is 4.09. The van der Waals surface area contributed by atoms with E-state index in [0.717, 1.165) is 0 Å². The Labute approximate surface area is 304 Å². The summed E-state index contributed by atoms with van der Waals surface area (Å²) in [5.41, 5.74) is 21.3. The van der Waals surface area contributed by atoms with Crippen LogP contribution in [0.15, 0.2) is 169 Å². The van der Waals surface area contributed by atoms with Gasteiger partial charge in [0, 0.05) is 12.4 Å². The molecular weight excluding hydrogens is 657 g/mol. The van der Waals surface area contributed by atoms with Gasteiger partial charge in [-0.1, -0.05) is 133 Å². The standard InChI is InChI=1S/C47H28N2S2/c1-2-10-37-34(7-1)39(30-15-19-32(20-16-30)45-26-49-28-51-45)24-43-46(37)38-22-21-33(29-13-17-31(18-14-29)44-25-48-27-50-44)23-42(38)47(43)40-11-5-3-8-35(40)36-9-4-6-12-41(36)47/h1-28H. The molecule has 1 spiro atoms. The number of hydrogen-bond acceptors (Lipinski definition) is 4. The van der Waals surface area contributed by atoms with Gasteiger partial charge in [0.05, 0.1) is 26.2 Å². The first-order chi connectivity index (χ1) is 25.3. The number of aromatic nitrogens is 2. The minimum absolute atomic E-state index is 0.461. The summed E-state index contributed by atoms with van der Waals surface area (Å²) in [4.78, 5) is 11.0. The Kier molecular flexibility index (Phi) is 6.24. The second-order valence-electron chi connectivity index (χ2n) is 13.4. The number of nitrogens with zero attached hydrogens (tertiary/aromatic N) is 2. The van der Waals surface area contributed by atoms with Crippen LogP contribution in [0.5, 0.6) is 0 Å². The smallest absolute Gasteiger partial charge is 0.0797 e. The highest BCUT2D eigenvalue weighted by atomic mass is 32.1. The lowest BCUT2D eigenvalue weighted by Gasteiger charge is -2.31. The van der Waals surface area contributed by atoms with E-state index in [2.05, 4.69) is 156 Å². The molecule has 2 aromatic heterocycles. The van der Waals surface area contributed by atoms with Crippen LogP contribution in [0.3, 0.4) is 0 Å². The van der Waals surface area contributed by atoms with Crippen molar-refractivity contribution in [1.82, 2.24) is 9.97 Å². The lowest BCUT2D eigenvalue weighted by Crippen LogP contribution is -2.26. The van der Waals surface area contributed by atoms with Crippen molar-refractivity contribution < 1.29 is 0 Å². The Hall–Kier alpha value is -5.94. The highest BCUT2D eigenvalue weighted by Crippen LogP contribution is 2.64. The fraction of sp³-hybridized carbons (Fsp3) is 0.0213. The Balaban J connectivity index is 1.19. The Morgan fingerprint density at radius 2 is 0.902 bits per heavy atom. The maximum atomic E-state index is 4.31. The van der Waals surface area contributed by atoms with Gasteiger partial charge in [0.2, 0.25) is 0 Å². The zero-order valence-corrected chi connectivity index (χ0v) is 29.0. The largest absolute Gasteiger partial charge is 0.252 e. The highest BCUT2D eigenvalue weighted by Gasteiger charge is 2.52. The zero-order valence-electron chi connectivity index (χ0n) is 27.4. The Morgan fingerprint density at radius 1 is 0.373 bits per heavy atom. The number of rotatable bonds is 4. The second-order valence-corrected chi connectivity index (χ2v) is 15.2. The van der Waals surface area contributed by atoms with Crippen LogP contribution in [-0.4, -0.2) is 9.97 Å². The van der Waals surface area contributed by atoms with Gasteiger partial charge < -0.3 is 0 Å². The van der Waals surface area contributed by atoms with E-state index in [1.165, 1.54) is 98.4 Å². The highest BCUT2D eigenvalue weighted by molar-refractivity contribution is 7.13. The lowest BCUT2D eigenvalue weighted by atomic mass is 9.69. The van der Waals surface area contributed by atoms with E-state index in [1.807, 2.05) is 23.4 Å². The van der Waals surface area contributed by atoms with Gasteiger partial charge in [-0.2, -0.15) is 0 Å². The van der Waals surface area contributed by atoms with Gasteiger partial charge in [-0.05, 0) is 101 Å². The average Bonchev–Trinajstić information content (AvgIpc) is 4.02. The van der Waals surface area contributed by atoms with E-state index >= 15 is 0 Å². The molecule has 7 aromatic carbocycles. The van der Waals surface area contributed by atoms with E-state index in [-0.39, 0.29) is 0 Å². The van der Waals surface area contributed by atoms with Crippen LogP contribution in [0.1, 0.15) is 22.3 Å². The normalized spacial score (nSPS) is 13.3. The van der Waals surface area contributed by atoms with E-state index in [9.17, 15) is 0 Å². The minimum atomic E-state index is -0.461. The predicted molar refractivity (Wildman–Crippen MR) is 213 cm³/mol. The molecular formula is C47H28N2S2. The maximum Gasteiger partial charge on any atom is 0.0797 e. The van der Waals surface area contributed by atoms with Gasteiger partial charge in [-0.25, -0.2) is 0 Å². The topological polar surface area (TPSA) is 25.8 Å². The number of benzene rings is 7. The Morgan fingerprint density at radius 3 is 1.51 bits per heavy atom. The molecule has 2 heterocycles. The summed E-state index contributed by atoms with van der Waals surface area (Å²) < 4.78 is 0. The van der Waals surface area contributed by atoms with Crippen LogP contribution in [0.25, 0.3) is 76.2 Å². The summed E-state index contributed by atoms with van der Waals surface area (Å²) in [5.74, 6) is 0. The van der Waals surface area contributed by atoms with Crippen LogP contribution in [0.2, 0.25) is 0 Å². The van der Waals surface area contributed by atoms with Crippen LogP contribution in [-0.2, 0) is 5.41 Å². The molecule has 9 aromatic rings. The fourth-order valence-electron chi connectivity index (χ4n) is 8.77. The summed E-state index contributed by atoms with van der Waals surface area (Å²) in [7, 11) is 0. The summed E-state index contributed by atoms with van der Waals surface area (Å²) in [6.07, 6.45) is 3.89. The van der Waals surface area contributed by atoms with Gasteiger partial charge in [0.1, 0.15) is 0 Å². The third-order valence-electron chi connectivity index (χ3n) is 10.9. The third-order valence-corrected chi connectivity index (χ3v) is 12.6. The zero-order chi connectivity index (χ0) is 33.5. The van der Waals surface area contributed by atoms with Crippen LogP contribution in [0.4, 0.5) is 0 Å². The second kappa shape index (κ2) is 11.0. The molecule has 4 heteroatoms. The molecule has 0 unspecified atom stereocenters. The fourth-order valence-corrected chi connectivity index (χ4v) is 10.0. The molecule has 238 valence electrons. The van der Waals surface area contributed by atoms with Gasteiger partial charge in [-0.3, -0.25) is 9.97 Å². The first kappa shape index (κ1) is 28.9. The van der Waals surface area contributed by atoms with Crippen molar-refractivity contribution in [1.29, 1.82) is 0 Å². The summed E-state index contributed by atoms with van der Waals surface area (Å²) in [6, 6.07) is 54.8. The SMILES string of the molecule is c1ccc2c(c1)-c1ccccc1C21c2cc(-c3ccc(-c4cncs4)cc3)ccc2-c2c1cc(-c1ccc(-c3cncs3)cc1)c1ccccc21. The van der Waals surface area contributed by atoms with Crippen LogP contribution in [0, 0.1) is 0 Å². The molecule has 2 aliphatic rings. The first-order valence-corrected chi connectivity index (χ1v) is 18.9. The van der Waals surface area contributed by atoms with Crippen LogP contribution >= 0.6 is 22.7 Å². The molecule has 0 saturated heterocycles. The molecule has 0 aliphatic heterocycles. The summed E-state index contributed by atoms with van der Waals surface area (Å²) in [5, 5.41) is 2.56. The van der Waals surface area contributed by atoms with Crippen molar-refractivity contribution in [3.05, 3.63) is 191 Å². The van der Waals surface area contributed by atoms with Gasteiger partial charge in [0.25, 0.3) is 0 Å². The number of fused-ring (bicyclic) bond motifs is 12. The predicted octanol–water partition coefficient (Wildman–Crippen LogP) is 12.8. The van der Waals surface area contributed by atoms with Crippen LogP contribution < -0.4 is 0 Å². The molecule has 0 saturated carbocycles. The van der Waals surface area contributed by atoms with Crippen molar-refractivity contribution in [3.63, 3.8) is 0 Å². The van der Waals surface area contributed by atoms with Crippen molar-refractivity contribution in [2.24, 2.45) is 0 Å². The van der Waals surface area contributed by atoms with Crippen molar-refractivity contribution >= 4 is 33.4 Å². The summed E-state index contributed by atoms with van der Waals surface area (Å²) in [6.45, 7) is 0. The maximum absolute atomic E-state index is 4.31. The first-order valence-electron chi connectivity index (χ1n) is 17.2.